The number of aromatic nitrogens is 1. The number of nitrogen functional groups attached to an aromatic ring is 1. The Balaban J connectivity index is 2.04. The molecular weight excluding hydrogens is 238 g/mol. The van der Waals surface area contributed by atoms with Gasteiger partial charge in [-0.25, -0.2) is 0 Å². The third-order valence-corrected chi connectivity index (χ3v) is 3.19. The van der Waals surface area contributed by atoms with E-state index in [0.717, 1.165) is 17.0 Å². The molecule has 4 nitrogen and oxygen atoms in total. The van der Waals surface area contributed by atoms with E-state index < -0.39 is 0 Å². The maximum atomic E-state index is 9.05. The van der Waals surface area contributed by atoms with Gasteiger partial charge >= 0.3 is 0 Å². The minimum Gasteiger partial charge on any atom is -0.491 e. The van der Waals surface area contributed by atoms with Gasteiger partial charge < -0.3 is 15.0 Å². The van der Waals surface area contributed by atoms with Crippen molar-refractivity contribution < 1.29 is 4.74 Å². The molecule has 2 N–H and O–H groups in total. The van der Waals surface area contributed by atoms with Crippen LogP contribution in [0.5, 0.6) is 5.75 Å². The van der Waals surface area contributed by atoms with Crippen molar-refractivity contribution in [2.75, 3.05) is 12.3 Å². The quantitative estimate of drug-likeness (QED) is 0.913. The second-order valence-electron chi connectivity index (χ2n) is 4.45. The number of hydrogen-bond acceptors (Lipinski definition) is 3. The molecule has 2 rings (SSSR count). The Morgan fingerprint density at radius 2 is 2.05 bits per heavy atom. The van der Waals surface area contributed by atoms with E-state index in [1.807, 2.05) is 42.7 Å². The second-order valence-corrected chi connectivity index (χ2v) is 4.45. The third kappa shape index (κ3) is 2.71. The Morgan fingerprint density at radius 1 is 1.32 bits per heavy atom. The fraction of sp³-hybridized carbons (Fsp3) is 0.267. The molecule has 2 aromatic rings. The van der Waals surface area contributed by atoms with Crippen LogP contribution >= 0.6 is 0 Å². The number of anilines is 1. The lowest BCUT2D eigenvalue weighted by molar-refractivity contribution is 0.295. The average Bonchev–Trinajstić information content (AvgIpc) is 2.68. The van der Waals surface area contributed by atoms with Gasteiger partial charge in [-0.05, 0) is 31.5 Å². The Hall–Kier alpha value is -2.41. The summed E-state index contributed by atoms with van der Waals surface area (Å²) in [6.45, 7) is 5.04. The van der Waals surface area contributed by atoms with Gasteiger partial charge in [-0.15, -0.1) is 0 Å². The summed E-state index contributed by atoms with van der Waals surface area (Å²) in [5.74, 6) is 0.874. The van der Waals surface area contributed by atoms with Crippen LogP contribution in [0.1, 0.15) is 17.0 Å². The summed E-state index contributed by atoms with van der Waals surface area (Å²) in [4.78, 5) is 0. The van der Waals surface area contributed by atoms with Crippen LogP contribution in [-0.4, -0.2) is 11.2 Å². The van der Waals surface area contributed by atoms with E-state index in [-0.39, 0.29) is 0 Å². The first-order chi connectivity index (χ1) is 9.13. The second kappa shape index (κ2) is 5.49. The molecule has 0 atom stereocenters. The minimum absolute atomic E-state index is 0.508. The summed E-state index contributed by atoms with van der Waals surface area (Å²) in [6.07, 6.45) is 0. The van der Waals surface area contributed by atoms with Crippen LogP contribution in [0.4, 0.5) is 5.69 Å². The Kier molecular flexibility index (Phi) is 3.76. The summed E-state index contributed by atoms with van der Waals surface area (Å²) in [5.41, 5.74) is 9.04. The molecule has 1 aromatic heterocycles. The molecule has 0 aliphatic heterocycles. The van der Waals surface area contributed by atoms with Crippen LogP contribution < -0.4 is 10.5 Å². The highest BCUT2D eigenvalue weighted by molar-refractivity contribution is 5.49. The molecule has 4 heteroatoms. The van der Waals surface area contributed by atoms with Crippen molar-refractivity contribution in [2.24, 2.45) is 0 Å². The summed E-state index contributed by atoms with van der Waals surface area (Å²) in [6, 6.07) is 11.7. The van der Waals surface area contributed by atoms with Crippen LogP contribution in [0.15, 0.2) is 30.3 Å². The molecule has 0 amide bonds. The van der Waals surface area contributed by atoms with Crippen molar-refractivity contribution in [2.45, 2.75) is 20.4 Å². The molecule has 0 radical (unpaired) electrons. The summed E-state index contributed by atoms with van der Waals surface area (Å²) >= 11 is 0. The molecule has 0 bridgehead atoms. The van der Waals surface area contributed by atoms with E-state index >= 15 is 0 Å². The first kappa shape index (κ1) is 13.0. The number of hydrogen-bond donors (Lipinski definition) is 1. The van der Waals surface area contributed by atoms with Crippen LogP contribution in [-0.2, 0) is 6.54 Å². The van der Waals surface area contributed by atoms with Gasteiger partial charge in [0.2, 0.25) is 0 Å². The molecule has 0 aliphatic carbocycles. The lowest BCUT2D eigenvalue weighted by Crippen LogP contribution is -2.11. The number of ether oxygens (including phenoxy) is 1. The number of benzene rings is 1. The SMILES string of the molecule is Cc1ccccc1OCCn1c(C#N)cc(N)c1C. The van der Waals surface area contributed by atoms with Crippen LogP contribution in [0, 0.1) is 25.2 Å². The number of nitriles is 1. The van der Waals surface area contributed by atoms with Crippen LogP contribution in [0.2, 0.25) is 0 Å². The minimum atomic E-state index is 0.508. The fourth-order valence-corrected chi connectivity index (χ4v) is 2.01. The smallest absolute Gasteiger partial charge is 0.122 e. The molecule has 0 fully saturated rings. The summed E-state index contributed by atoms with van der Waals surface area (Å²) in [5, 5.41) is 9.05. The molecule has 0 saturated heterocycles. The van der Waals surface area contributed by atoms with E-state index in [1.54, 1.807) is 6.07 Å². The van der Waals surface area contributed by atoms with Crippen LogP contribution in [0.25, 0.3) is 0 Å². The highest BCUT2D eigenvalue weighted by atomic mass is 16.5. The van der Waals surface area contributed by atoms with Gasteiger partial charge in [0.1, 0.15) is 24.1 Å². The standard InChI is InChI=1S/C15H17N3O/c1-11-5-3-4-6-15(11)19-8-7-18-12(2)14(17)9-13(18)10-16/h3-6,9H,7-8,17H2,1-2H3. The zero-order valence-electron chi connectivity index (χ0n) is 11.2. The summed E-state index contributed by atoms with van der Waals surface area (Å²) < 4.78 is 7.62. The van der Waals surface area contributed by atoms with Crippen molar-refractivity contribution >= 4 is 5.69 Å². The van der Waals surface area contributed by atoms with Gasteiger partial charge in [-0.1, -0.05) is 18.2 Å². The highest BCUT2D eigenvalue weighted by Gasteiger charge is 2.09. The van der Waals surface area contributed by atoms with Gasteiger partial charge in [0.05, 0.1) is 12.2 Å². The number of rotatable bonds is 4. The van der Waals surface area contributed by atoms with Gasteiger partial charge in [0.25, 0.3) is 0 Å². The molecule has 0 aliphatic rings. The molecule has 0 spiro atoms. The Labute approximate surface area is 113 Å². The van der Waals surface area contributed by atoms with Crippen molar-refractivity contribution in [3.05, 3.63) is 47.3 Å². The van der Waals surface area contributed by atoms with Crippen LogP contribution in [0.3, 0.4) is 0 Å². The van der Waals surface area contributed by atoms with Crippen molar-refractivity contribution in [3.8, 4) is 11.8 Å². The monoisotopic (exact) mass is 255 g/mol. The fourth-order valence-electron chi connectivity index (χ4n) is 2.01. The number of para-hydroxylation sites is 1. The molecule has 0 unspecified atom stereocenters. The molecule has 0 saturated carbocycles. The molecule has 98 valence electrons. The van der Waals surface area contributed by atoms with Gasteiger partial charge in [-0.3, -0.25) is 0 Å². The molecule has 1 heterocycles. The molecular formula is C15H17N3O. The normalized spacial score (nSPS) is 10.2. The Bertz CT molecular complexity index is 623. The van der Waals surface area contributed by atoms with E-state index in [0.29, 0.717) is 24.5 Å². The average molecular weight is 255 g/mol. The highest BCUT2D eigenvalue weighted by Crippen LogP contribution is 2.18. The lowest BCUT2D eigenvalue weighted by atomic mass is 10.2. The van der Waals surface area contributed by atoms with Crippen molar-refractivity contribution in [1.82, 2.24) is 4.57 Å². The number of nitrogens with zero attached hydrogens (tertiary/aromatic N) is 2. The van der Waals surface area contributed by atoms with E-state index in [2.05, 4.69) is 6.07 Å². The first-order valence-corrected chi connectivity index (χ1v) is 6.17. The maximum absolute atomic E-state index is 9.05. The lowest BCUT2D eigenvalue weighted by Gasteiger charge is -2.11. The summed E-state index contributed by atoms with van der Waals surface area (Å²) in [7, 11) is 0. The van der Waals surface area contributed by atoms with Gasteiger partial charge in [0, 0.05) is 5.69 Å². The maximum Gasteiger partial charge on any atom is 0.122 e. The van der Waals surface area contributed by atoms with E-state index in [4.69, 9.17) is 15.7 Å². The van der Waals surface area contributed by atoms with Crippen molar-refractivity contribution in [3.63, 3.8) is 0 Å². The predicted octanol–water partition coefficient (Wildman–Crippen LogP) is 2.64. The van der Waals surface area contributed by atoms with E-state index in [1.165, 1.54) is 0 Å². The zero-order valence-corrected chi connectivity index (χ0v) is 11.2. The van der Waals surface area contributed by atoms with Gasteiger partial charge in [-0.2, -0.15) is 5.26 Å². The molecule has 1 aromatic carbocycles. The van der Waals surface area contributed by atoms with Gasteiger partial charge in [0.15, 0.2) is 0 Å². The Morgan fingerprint density at radius 3 is 2.74 bits per heavy atom. The largest absolute Gasteiger partial charge is 0.491 e. The molecule has 19 heavy (non-hydrogen) atoms. The topological polar surface area (TPSA) is 64.0 Å². The zero-order chi connectivity index (χ0) is 13.8. The number of nitrogens with two attached hydrogens (primary N) is 1. The first-order valence-electron chi connectivity index (χ1n) is 6.17. The van der Waals surface area contributed by atoms with Crippen molar-refractivity contribution in [1.29, 1.82) is 5.26 Å². The third-order valence-electron chi connectivity index (χ3n) is 3.19. The number of aryl methyl sites for hydroxylation is 1. The predicted molar refractivity (Wildman–Crippen MR) is 75.0 cm³/mol. The van der Waals surface area contributed by atoms with E-state index in [9.17, 15) is 0 Å².